The van der Waals surface area contributed by atoms with Crippen LogP contribution < -0.4 is 10.6 Å². The molecule has 9 nitrogen and oxygen atoms in total. The summed E-state index contributed by atoms with van der Waals surface area (Å²) in [7, 11) is 0. The molecule has 0 spiro atoms. The van der Waals surface area contributed by atoms with E-state index in [0.717, 1.165) is 31.2 Å². The topological polar surface area (TPSA) is 114 Å². The zero-order valence-corrected chi connectivity index (χ0v) is 26.9. The Hall–Kier alpha value is -2.75. The average molecular weight is 594 g/mol. The highest BCUT2D eigenvalue weighted by molar-refractivity contribution is 7.98. The van der Waals surface area contributed by atoms with Gasteiger partial charge in [-0.15, -0.1) is 0 Å². The minimum Gasteiger partial charge on any atom is -0.466 e. The number of ether oxygens (including phenoxy) is 2. The molecule has 0 heterocycles. The Morgan fingerprint density at radius 3 is 2.32 bits per heavy atom. The van der Waals surface area contributed by atoms with Crippen LogP contribution in [0.25, 0.3) is 0 Å². The van der Waals surface area contributed by atoms with E-state index in [9.17, 15) is 19.2 Å². The smallest absolute Gasteiger partial charge is 0.408 e. The van der Waals surface area contributed by atoms with Gasteiger partial charge in [0, 0.05) is 13.1 Å². The van der Waals surface area contributed by atoms with Crippen molar-refractivity contribution in [2.75, 3.05) is 31.7 Å². The van der Waals surface area contributed by atoms with E-state index in [0.29, 0.717) is 30.7 Å². The Bertz CT molecular complexity index is 965. The first-order valence-electron chi connectivity index (χ1n) is 14.7. The molecule has 0 fully saturated rings. The number of benzene rings is 1. The van der Waals surface area contributed by atoms with Gasteiger partial charge in [0.25, 0.3) is 0 Å². The van der Waals surface area contributed by atoms with Crippen molar-refractivity contribution in [2.45, 2.75) is 104 Å². The predicted molar refractivity (Wildman–Crippen MR) is 165 cm³/mol. The quantitative estimate of drug-likeness (QED) is 0.169. The number of nitrogens with zero attached hydrogens (tertiary/aromatic N) is 1. The molecule has 0 saturated heterocycles. The maximum atomic E-state index is 14.3. The lowest BCUT2D eigenvalue weighted by molar-refractivity contribution is -0.144. The van der Waals surface area contributed by atoms with Gasteiger partial charge in [0.1, 0.15) is 17.7 Å². The number of carbonyl (C=O) groups excluding carboxylic acids is 4. The van der Waals surface area contributed by atoms with Crippen molar-refractivity contribution >= 4 is 35.6 Å². The number of nitrogens with one attached hydrogen (secondary N) is 2. The van der Waals surface area contributed by atoms with Crippen LogP contribution in [-0.2, 0) is 23.9 Å². The monoisotopic (exact) mass is 593 g/mol. The molecule has 2 atom stereocenters. The van der Waals surface area contributed by atoms with Crippen LogP contribution in [0.4, 0.5) is 4.79 Å². The van der Waals surface area contributed by atoms with Gasteiger partial charge in [-0.05, 0) is 70.6 Å². The van der Waals surface area contributed by atoms with Gasteiger partial charge in [-0.3, -0.25) is 14.4 Å². The molecule has 2 N–H and O–H groups in total. The summed E-state index contributed by atoms with van der Waals surface area (Å²) in [6, 6.07) is 5.68. The molecule has 0 radical (unpaired) electrons. The molecule has 0 aromatic heterocycles. The van der Waals surface area contributed by atoms with Crippen LogP contribution >= 0.6 is 11.8 Å². The fourth-order valence-electron chi connectivity index (χ4n) is 4.36. The zero-order valence-electron chi connectivity index (χ0n) is 26.0. The van der Waals surface area contributed by atoms with E-state index in [1.54, 1.807) is 44.4 Å². The minimum atomic E-state index is -0.936. The van der Waals surface area contributed by atoms with E-state index in [-0.39, 0.29) is 31.4 Å². The summed E-state index contributed by atoms with van der Waals surface area (Å²) in [5, 5.41) is 5.62. The number of hydrogen-bond donors (Lipinski definition) is 2. The van der Waals surface area contributed by atoms with Gasteiger partial charge in [0.05, 0.1) is 13.0 Å². The second-order valence-corrected chi connectivity index (χ2v) is 12.0. The van der Waals surface area contributed by atoms with Gasteiger partial charge in [0.2, 0.25) is 11.8 Å². The van der Waals surface area contributed by atoms with Crippen LogP contribution in [0.1, 0.15) is 96.7 Å². The molecule has 3 amide bonds. The summed E-state index contributed by atoms with van der Waals surface area (Å²) < 4.78 is 10.5. The van der Waals surface area contributed by atoms with Crippen LogP contribution in [0.15, 0.2) is 24.3 Å². The third kappa shape index (κ3) is 14.1. The summed E-state index contributed by atoms with van der Waals surface area (Å²) >= 11 is 1.57. The third-order valence-electron chi connectivity index (χ3n) is 6.36. The largest absolute Gasteiger partial charge is 0.466 e. The number of esters is 1. The third-order valence-corrected chi connectivity index (χ3v) is 7.01. The first-order valence-corrected chi connectivity index (χ1v) is 16.1. The van der Waals surface area contributed by atoms with E-state index in [1.807, 2.05) is 37.4 Å². The number of rotatable bonds is 18. The number of carbonyl (C=O) groups is 4. The van der Waals surface area contributed by atoms with Crippen LogP contribution in [0.2, 0.25) is 0 Å². The zero-order chi connectivity index (χ0) is 30.8. The molecule has 0 aliphatic carbocycles. The fourth-order valence-corrected chi connectivity index (χ4v) is 4.83. The molecule has 0 bridgehead atoms. The summed E-state index contributed by atoms with van der Waals surface area (Å²) in [5.41, 5.74) is 0.838. The second-order valence-electron chi connectivity index (χ2n) is 11.0. The Morgan fingerprint density at radius 2 is 1.71 bits per heavy atom. The van der Waals surface area contributed by atoms with Crippen molar-refractivity contribution < 1.29 is 28.7 Å². The van der Waals surface area contributed by atoms with E-state index >= 15 is 0 Å². The second kappa shape index (κ2) is 19.4. The highest BCUT2D eigenvalue weighted by Crippen LogP contribution is 2.27. The molecule has 1 aromatic carbocycles. The number of thioether (sulfide) groups is 1. The van der Waals surface area contributed by atoms with Gasteiger partial charge in [-0.1, -0.05) is 56.9 Å². The number of alkyl carbamates (subject to hydrolysis) is 1. The van der Waals surface area contributed by atoms with E-state index in [2.05, 4.69) is 17.6 Å². The maximum Gasteiger partial charge on any atom is 0.408 e. The van der Waals surface area contributed by atoms with Gasteiger partial charge < -0.3 is 25.0 Å². The lowest BCUT2D eigenvalue weighted by Crippen LogP contribution is -2.53. The SMILES string of the molecule is CCCCCCCN(C(=O)C(CCSC)NC(=O)OC(C)(C)C)C(C(=O)NCCC(=O)OCC)c1ccccc1C. The molecular weight excluding hydrogens is 542 g/mol. The number of hydrogen-bond acceptors (Lipinski definition) is 7. The predicted octanol–water partition coefficient (Wildman–Crippen LogP) is 5.55. The standard InChI is InChI=1S/C31H51N3O6S/c1-8-10-11-12-15-21-34(29(37)25(19-22-41-7)33-30(38)40-31(4,5)6)27(24-17-14-13-16-23(24)3)28(36)32-20-18-26(35)39-9-2/h13-14,16-17,25,27H,8-12,15,18-22H2,1-7H3,(H,32,36)(H,33,38). The summed E-state index contributed by atoms with van der Waals surface area (Å²) in [6.07, 6.45) is 6.53. The fraction of sp³-hybridized carbons (Fsp3) is 0.677. The first kappa shape index (κ1) is 36.3. The lowest BCUT2D eigenvalue weighted by atomic mass is 9.97. The highest BCUT2D eigenvalue weighted by Gasteiger charge is 2.36. The van der Waals surface area contributed by atoms with Crippen molar-refractivity contribution in [1.82, 2.24) is 15.5 Å². The number of amides is 3. The summed E-state index contributed by atoms with van der Waals surface area (Å²) in [5.74, 6) is -0.486. The average Bonchev–Trinajstić information content (AvgIpc) is 2.89. The maximum absolute atomic E-state index is 14.3. The highest BCUT2D eigenvalue weighted by atomic mass is 32.2. The van der Waals surface area contributed by atoms with Crippen LogP contribution in [0, 0.1) is 6.92 Å². The molecule has 0 saturated carbocycles. The van der Waals surface area contributed by atoms with Crippen LogP contribution in [0.3, 0.4) is 0 Å². The van der Waals surface area contributed by atoms with Gasteiger partial charge in [-0.25, -0.2) is 4.79 Å². The van der Waals surface area contributed by atoms with Crippen molar-refractivity contribution in [1.29, 1.82) is 0 Å². The van der Waals surface area contributed by atoms with E-state index in [4.69, 9.17) is 9.47 Å². The molecule has 0 aliphatic heterocycles. The van der Waals surface area contributed by atoms with Crippen molar-refractivity contribution in [2.24, 2.45) is 0 Å². The number of aryl methyl sites for hydroxylation is 1. The van der Waals surface area contributed by atoms with Crippen molar-refractivity contribution in [3.05, 3.63) is 35.4 Å². The molecule has 1 rings (SSSR count). The van der Waals surface area contributed by atoms with Gasteiger partial charge >= 0.3 is 12.1 Å². The Balaban J connectivity index is 3.42. The van der Waals surface area contributed by atoms with E-state index < -0.39 is 29.7 Å². The molecule has 41 heavy (non-hydrogen) atoms. The molecule has 10 heteroatoms. The summed E-state index contributed by atoms with van der Waals surface area (Å²) in [4.78, 5) is 54.3. The van der Waals surface area contributed by atoms with E-state index in [1.165, 1.54) is 0 Å². The number of unbranched alkanes of at least 4 members (excludes halogenated alkanes) is 4. The molecule has 1 aromatic rings. The normalized spacial score (nSPS) is 12.7. The van der Waals surface area contributed by atoms with Crippen molar-refractivity contribution in [3.63, 3.8) is 0 Å². The van der Waals surface area contributed by atoms with Gasteiger partial charge in [-0.2, -0.15) is 11.8 Å². The first-order chi connectivity index (χ1) is 19.4. The summed E-state index contributed by atoms with van der Waals surface area (Å²) in [6.45, 7) is 11.8. The molecule has 0 aliphatic rings. The van der Waals surface area contributed by atoms with Crippen molar-refractivity contribution in [3.8, 4) is 0 Å². The Labute approximate surface area is 250 Å². The molecule has 2 unspecified atom stereocenters. The minimum absolute atomic E-state index is 0.0293. The molecule has 232 valence electrons. The molecular formula is C31H51N3O6S. The van der Waals surface area contributed by atoms with Crippen LogP contribution in [-0.4, -0.2) is 72.1 Å². The Kier molecular flexibility index (Phi) is 17.2. The lowest BCUT2D eigenvalue weighted by Gasteiger charge is -2.35. The van der Waals surface area contributed by atoms with Gasteiger partial charge in [0.15, 0.2) is 0 Å². The van der Waals surface area contributed by atoms with Crippen LogP contribution in [0.5, 0.6) is 0 Å². The Morgan fingerprint density at radius 1 is 1.02 bits per heavy atom.